The molecule has 0 saturated carbocycles. The number of fused-ring (bicyclic) bond motifs is 7. The number of carbonyl (C=O) groups excluding carboxylic acids is 5. The molecule has 12 nitrogen and oxygen atoms in total. The number of benzene rings is 3. The van der Waals surface area contributed by atoms with E-state index in [1.807, 2.05) is 72.8 Å². The van der Waals surface area contributed by atoms with Crippen LogP contribution in [0.5, 0.6) is 0 Å². The molecular weight excluding hydrogens is 636 g/mol. The van der Waals surface area contributed by atoms with Crippen molar-refractivity contribution in [1.82, 2.24) is 25.0 Å². The lowest BCUT2D eigenvalue weighted by molar-refractivity contribution is -0.148. The quantitative estimate of drug-likeness (QED) is 0.296. The van der Waals surface area contributed by atoms with E-state index in [1.54, 1.807) is 22.9 Å². The van der Waals surface area contributed by atoms with Crippen molar-refractivity contribution in [3.05, 3.63) is 101 Å². The highest BCUT2D eigenvalue weighted by atomic mass is 16.5. The Kier molecular flexibility index (Phi) is 6.81. The van der Waals surface area contributed by atoms with Crippen LogP contribution in [0.2, 0.25) is 0 Å². The van der Waals surface area contributed by atoms with E-state index in [1.165, 1.54) is 4.57 Å². The Bertz CT molecular complexity index is 2110. The van der Waals surface area contributed by atoms with Crippen molar-refractivity contribution in [2.75, 3.05) is 11.9 Å². The predicted octanol–water partition coefficient (Wildman–Crippen LogP) is 3.01. The average Bonchev–Trinajstić information content (AvgIpc) is 3.90. The Morgan fingerprint density at radius 3 is 2.52 bits per heavy atom. The Morgan fingerprint density at radius 2 is 1.68 bits per heavy atom. The minimum atomic E-state index is -0.798. The molecule has 4 saturated heterocycles. The first-order chi connectivity index (χ1) is 24.2. The predicted molar refractivity (Wildman–Crippen MR) is 182 cm³/mol. The molecule has 0 unspecified atom stereocenters. The minimum absolute atomic E-state index is 0.0667. The van der Waals surface area contributed by atoms with Gasteiger partial charge in [-0.2, -0.15) is 0 Å². The third kappa shape index (κ3) is 4.40. The molecule has 0 spiro atoms. The number of para-hydroxylation sites is 1. The number of aromatic nitrogens is 1. The maximum absolute atomic E-state index is 13.9. The highest BCUT2D eigenvalue weighted by molar-refractivity contribution is 6.00. The number of hydrogen-bond acceptors (Lipinski definition) is 7. The van der Waals surface area contributed by atoms with Crippen LogP contribution >= 0.6 is 0 Å². The molecule has 4 fully saturated rings. The molecule has 3 aromatic carbocycles. The summed E-state index contributed by atoms with van der Waals surface area (Å²) < 4.78 is 7.27. The van der Waals surface area contributed by atoms with E-state index < -0.39 is 41.8 Å². The van der Waals surface area contributed by atoms with Crippen molar-refractivity contribution in [2.24, 2.45) is 0 Å². The average molecular weight is 673 g/mol. The molecular formula is C38H36N6O6. The highest BCUT2D eigenvalue weighted by Gasteiger charge is 2.63. The lowest BCUT2D eigenvalue weighted by Gasteiger charge is -2.37. The molecule has 4 aromatic rings. The second-order valence-corrected chi connectivity index (χ2v) is 14.0. The third-order valence-electron chi connectivity index (χ3n) is 11.3. The van der Waals surface area contributed by atoms with Crippen molar-refractivity contribution < 1.29 is 28.7 Å². The van der Waals surface area contributed by atoms with E-state index in [2.05, 4.69) is 16.0 Å². The van der Waals surface area contributed by atoms with Crippen molar-refractivity contribution in [1.29, 1.82) is 0 Å². The summed E-state index contributed by atoms with van der Waals surface area (Å²) in [4.78, 5) is 70.6. The van der Waals surface area contributed by atoms with Gasteiger partial charge in [-0.1, -0.05) is 60.7 Å². The van der Waals surface area contributed by atoms with Gasteiger partial charge in [0.25, 0.3) is 0 Å². The first-order valence-corrected chi connectivity index (χ1v) is 17.2. The summed E-state index contributed by atoms with van der Waals surface area (Å²) in [6.07, 6.45) is 2.57. The van der Waals surface area contributed by atoms with Gasteiger partial charge in [-0.05, 0) is 60.6 Å². The van der Waals surface area contributed by atoms with Gasteiger partial charge in [0, 0.05) is 30.2 Å². The number of nitrogens with zero attached hydrogens (tertiary/aromatic N) is 3. The summed E-state index contributed by atoms with van der Waals surface area (Å²) in [7, 11) is 0. The fourth-order valence-electron chi connectivity index (χ4n) is 8.92. The van der Waals surface area contributed by atoms with Crippen LogP contribution < -0.4 is 16.0 Å². The van der Waals surface area contributed by atoms with Gasteiger partial charge >= 0.3 is 6.09 Å². The first-order valence-electron chi connectivity index (χ1n) is 17.2. The summed E-state index contributed by atoms with van der Waals surface area (Å²) in [5.41, 5.74) is 4.00. The van der Waals surface area contributed by atoms with E-state index in [-0.39, 0.29) is 36.7 Å². The second-order valence-electron chi connectivity index (χ2n) is 14.0. The number of rotatable bonds is 5. The molecule has 0 radical (unpaired) electrons. The van der Waals surface area contributed by atoms with Gasteiger partial charge in [0.15, 0.2) is 0 Å². The van der Waals surface area contributed by atoms with Crippen LogP contribution in [0.15, 0.2) is 79.0 Å². The fourth-order valence-corrected chi connectivity index (χ4v) is 8.92. The van der Waals surface area contributed by atoms with Gasteiger partial charge < -0.3 is 30.5 Å². The topological polar surface area (TPSA) is 142 Å². The molecule has 6 heterocycles. The number of nitrogens with one attached hydrogen (secondary N) is 3. The summed E-state index contributed by atoms with van der Waals surface area (Å²) >= 11 is 0. The highest BCUT2D eigenvalue weighted by Crippen LogP contribution is 2.55. The molecule has 5 aliphatic rings. The summed E-state index contributed by atoms with van der Waals surface area (Å²) in [5.74, 6) is -0.617. The van der Waals surface area contributed by atoms with Gasteiger partial charge in [-0.25, -0.2) is 4.79 Å². The van der Waals surface area contributed by atoms with Crippen molar-refractivity contribution in [2.45, 2.75) is 75.0 Å². The zero-order valence-corrected chi connectivity index (χ0v) is 27.4. The Balaban J connectivity index is 1.15. The summed E-state index contributed by atoms with van der Waals surface area (Å²) in [6, 6.07) is 20.7. The van der Waals surface area contributed by atoms with Crippen LogP contribution in [0.3, 0.4) is 0 Å². The van der Waals surface area contributed by atoms with Crippen LogP contribution in [0, 0.1) is 0 Å². The normalized spacial score (nSPS) is 28.1. The number of ether oxygens (including phenoxy) is 1. The zero-order chi connectivity index (χ0) is 34.3. The van der Waals surface area contributed by atoms with Crippen molar-refractivity contribution >= 4 is 46.3 Å². The number of amides is 4. The van der Waals surface area contributed by atoms with Crippen LogP contribution in [-0.4, -0.2) is 81.0 Å². The van der Waals surface area contributed by atoms with Crippen molar-refractivity contribution in [3.8, 4) is 0 Å². The molecule has 0 bridgehead atoms. The first kappa shape index (κ1) is 30.4. The molecule has 12 heteroatoms. The Morgan fingerprint density at radius 1 is 0.900 bits per heavy atom. The minimum Gasteiger partial charge on any atom is -0.444 e. The maximum atomic E-state index is 13.9. The number of anilines is 1. The van der Waals surface area contributed by atoms with Crippen LogP contribution in [-0.2, 0) is 42.4 Å². The lowest BCUT2D eigenvalue weighted by atomic mass is 9.72. The van der Waals surface area contributed by atoms with Crippen LogP contribution in [0.4, 0.5) is 10.5 Å². The van der Waals surface area contributed by atoms with Gasteiger partial charge in [-0.15, -0.1) is 0 Å². The second kappa shape index (κ2) is 11.2. The number of carbonyl (C=O) groups is 5. The Hall–Kier alpha value is -5.65. The van der Waals surface area contributed by atoms with E-state index in [9.17, 15) is 24.0 Å². The van der Waals surface area contributed by atoms with Crippen LogP contribution in [0.1, 0.15) is 48.4 Å². The van der Waals surface area contributed by atoms with E-state index in [4.69, 9.17) is 4.74 Å². The number of hydrogen-bond donors (Lipinski definition) is 3. The fraction of sp³-hybridized carbons (Fsp3) is 0.342. The largest absolute Gasteiger partial charge is 0.444 e. The molecule has 50 heavy (non-hydrogen) atoms. The van der Waals surface area contributed by atoms with Gasteiger partial charge in [0.05, 0.1) is 10.9 Å². The summed E-state index contributed by atoms with van der Waals surface area (Å²) in [6.45, 7) is 2.32. The molecule has 3 N–H and O–H groups in total. The van der Waals surface area contributed by atoms with E-state index in [0.717, 1.165) is 34.2 Å². The monoisotopic (exact) mass is 672 g/mol. The number of piperazine rings is 2. The van der Waals surface area contributed by atoms with E-state index >= 15 is 0 Å². The molecule has 4 amide bonds. The smallest absolute Gasteiger partial charge is 0.418 e. The molecule has 254 valence electrons. The standard InChI is InChI=1S/C38H36N6O6/c1-21-34(47)44-31(33(46)39-21)18-38(26-10-5-6-11-27(26)41-36(38)44)24-13-14-25-23(16-28-35(48)42-15-7-12-29(42)32(45)40-28)19-43(30(25)17-24)37(49)50-20-22-8-3-2-4-9-22/h2-6,8-11,13-14,17,19,21,28-29,31,36,41H,7,12,15-16,18,20H2,1H3,(H,39,46)(H,40,45)/t21-,28-,29-,31-,36+,38-/m1/s1. The van der Waals surface area contributed by atoms with Gasteiger partial charge in [0.1, 0.15) is 36.9 Å². The van der Waals surface area contributed by atoms with E-state index in [0.29, 0.717) is 30.5 Å². The zero-order valence-electron chi connectivity index (χ0n) is 27.4. The molecule has 5 aliphatic heterocycles. The van der Waals surface area contributed by atoms with Gasteiger partial charge in [-0.3, -0.25) is 23.7 Å². The lowest BCUT2D eigenvalue weighted by Crippen LogP contribution is -2.63. The van der Waals surface area contributed by atoms with Crippen molar-refractivity contribution in [3.63, 3.8) is 0 Å². The molecule has 1 aromatic heterocycles. The summed E-state index contributed by atoms with van der Waals surface area (Å²) in [5, 5.41) is 10.1. The molecule has 0 aliphatic carbocycles. The SMILES string of the molecule is C[C@H]1NC(=O)[C@H]2C[C@@]3(c4ccc5c(C[C@H]6NC(=O)[C@H]7CCCN7C6=O)cn(C(=O)OCc6ccccc6)c5c4)c4ccccc4N[C@H]3N2C1=O. The van der Waals surface area contributed by atoms with Crippen LogP contribution in [0.25, 0.3) is 10.9 Å². The maximum Gasteiger partial charge on any atom is 0.418 e. The molecule has 6 atom stereocenters. The Labute approximate surface area is 287 Å². The third-order valence-corrected chi connectivity index (χ3v) is 11.3. The molecule has 9 rings (SSSR count). The van der Waals surface area contributed by atoms with Gasteiger partial charge in [0.2, 0.25) is 23.6 Å².